The molecule has 0 saturated carbocycles. The van der Waals surface area contributed by atoms with E-state index in [0.29, 0.717) is 10.9 Å². The number of benzene rings is 2. The molecule has 0 atom stereocenters. The van der Waals surface area contributed by atoms with Gasteiger partial charge in [0.25, 0.3) is 0 Å². The summed E-state index contributed by atoms with van der Waals surface area (Å²) in [7, 11) is 0. The fraction of sp³-hybridized carbons (Fsp3) is 0. The molecule has 0 unspecified atom stereocenters. The van der Waals surface area contributed by atoms with E-state index in [9.17, 15) is 9.18 Å². The van der Waals surface area contributed by atoms with Crippen LogP contribution in [0.3, 0.4) is 0 Å². The predicted octanol–water partition coefficient (Wildman–Crippen LogP) is 4.08. The first-order chi connectivity index (χ1) is 10.2. The highest BCUT2D eigenvalue weighted by Gasteiger charge is 2.14. The second kappa shape index (κ2) is 4.31. The van der Waals surface area contributed by atoms with Crippen LogP contribution in [0.1, 0.15) is 0 Å². The number of aromatic nitrogens is 1. The van der Waals surface area contributed by atoms with Crippen LogP contribution in [0.4, 0.5) is 4.39 Å². The van der Waals surface area contributed by atoms with Gasteiger partial charge in [0.1, 0.15) is 12.1 Å². The maximum absolute atomic E-state index is 13.1. The summed E-state index contributed by atoms with van der Waals surface area (Å²) in [4.78, 5) is 15.3. The Kier molecular flexibility index (Phi) is 2.44. The number of H-pyrrole nitrogens is 1. The van der Waals surface area contributed by atoms with E-state index < -0.39 is 0 Å². The molecular formula is C17H10FNO2. The highest BCUT2D eigenvalue weighted by atomic mass is 19.1. The number of halogens is 1. The van der Waals surface area contributed by atoms with Crippen LogP contribution in [0.2, 0.25) is 0 Å². The van der Waals surface area contributed by atoms with Crippen molar-refractivity contribution in [3.8, 4) is 11.1 Å². The molecule has 0 amide bonds. The molecule has 0 spiro atoms. The van der Waals surface area contributed by atoms with Gasteiger partial charge >= 0.3 is 5.63 Å². The van der Waals surface area contributed by atoms with Crippen molar-refractivity contribution < 1.29 is 8.81 Å². The molecule has 1 N–H and O–H groups in total. The maximum Gasteiger partial charge on any atom is 0.345 e. The monoisotopic (exact) mass is 279 g/mol. The number of para-hydroxylation sites is 1. The molecule has 3 nitrogen and oxygen atoms in total. The summed E-state index contributed by atoms with van der Waals surface area (Å²) in [5, 5.41) is 1.35. The molecule has 102 valence electrons. The highest BCUT2D eigenvalue weighted by Crippen LogP contribution is 2.30. The zero-order valence-electron chi connectivity index (χ0n) is 10.9. The van der Waals surface area contributed by atoms with Gasteiger partial charge in [0.15, 0.2) is 0 Å². The molecule has 21 heavy (non-hydrogen) atoms. The lowest BCUT2D eigenvalue weighted by molar-refractivity contribution is 0.521. The number of hydrogen-bond acceptors (Lipinski definition) is 2. The zero-order chi connectivity index (χ0) is 14.4. The van der Waals surface area contributed by atoms with Crippen molar-refractivity contribution in [2.75, 3.05) is 0 Å². The van der Waals surface area contributed by atoms with E-state index in [-0.39, 0.29) is 11.4 Å². The molecule has 0 aliphatic carbocycles. The largest absolute Gasteiger partial charge is 0.430 e. The van der Waals surface area contributed by atoms with Crippen molar-refractivity contribution >= 4 is 21.8 Å². The van der Waals surface area contributed by atoms with Gasteiger partial charge in [0.05, 0.1) is 10.9 Å². The van der Waals surface area contributed by atoms with Crippen molar-refractivity contribution in [2.45, 2.75) is 0 Å². The highest BCUT2D eigenvalue weighted by molar-refractivity contribution is 6.10. The fourth-order valence-electron chi connectivity index (χ4n) is 2.63. The molecule has 0 fully saturated rings. The number of hydrogen-bond donors (Lipinski definition) is 1. The second-order valence-electron chi connectivity index (χ2n) is 4.86. The van der Waals surface area contributed by atoms with Crippen LogP contribution in [0.15, 0.2) is 64.0 Å². The Balaban J connectivity index is 2.13. The van der Waals surface area contributed by atoms with Gasteiger partial charge < -0.3 is 9.40 Å². The van der Waals surface area contributed by atoms with Gasteiger partial charge in [0, 0.05) is 16.5 Å². The summed E-state index contributed by atoms with van der Waals surface area (Å²) in [6.45, 7) is 0. The third kappa shape index (κ3) is 1.76. The van der Waals surface area contributed by atoms with Gasteiger partial charge in [-0.15, -0.1) is 0 Å². The summed E-state index contributed by atoms with van der Waals surface area (Å²) in [5.41, 5.74) is 2.72. The van der Waals surface area contributed by atoms with Gasteiger partial charge in [-0.2, -0.15) is 0 Å². The third-order valence-electron chi connectivity index (χ3n) is 3.62. The number of nitrogens with one attached hydrogen (secondary N) is 1. The van der Waals surface area contributed by atoms with Crippen molar-refractivity contribution in [1.82, 2.24) is 4.98 Å². The van der Waals surface area contributed by atoms with Gasteiger partial charge in [0.2, 0.25) is 0 Å². The molecule has 0 bridgehead atoms. The molecule has 2 aromatic carbocycles. The maximum atomic E-state index is 13.1. The van der Waals surface area contributed by atoms with Gasteiger partial charge in [-0.25, -0.2) is 9.18 Å². The molecule has 0 aliphatic rings. The Morgan fingerprint density at radius 1 is 1.00 bits per heavy atom. The number of aromatic amines is 1. The molecule has 0 saturated heterocycles. The van der Waals surface area contributed by atoms with E-state index in [1.807, 2.05) is 24.3 Å². The SMILES string of the molecule is O=c1occ(-c2ccc(F)cc2)c2[nH]c3ccccc3c12. The van der Waals surface area contributed by atoms with Crippen LogP contribution >= 0.6 is 0 Å². The first-order valence-corrected chi connectivity index (χ1v) is 6.52. The predicted molar refractivity (Wildman–Crippen MR) is 79.7 cm³/mol. The Labute approximate surface area is 118 Å². The van der Waals surface area contributed by atoms with Crippen LogP contribution in [0.5, 0.6) is 0 Å². The minimum absolute atomic E-state index is 0.302. The number of rotatable bonds is 1. The smallest absolute Gasteiger partial charge is 0.345 e. The van der Waals surface area contributed by atoms with E-state index in [4.69, 9.17) is 4.42 Å². The van der Waals surface area contributed by atoms with Gasteiger partial charge in [-0.3, -0.25) is 0 Å². The van der Waals surface area contributed by atoms with Crippen molar-refractivity contribution in [1.29, 1.82) is 0 Å². The number of fused-ring (bicyclic) bond motifs is 3. The average Bonchev–Trinajstić information content (AvgIpc) is 2.89. The molecule has 4 rings (SSSR count). The van der Waals surface area contributed by atoms with Crippen molar-refractivity contribution in [3.63, 3.8) is 0 Å². The van der Waals surface area contributed by atoms with Crippen LogP contribution < -0.4 is 5.63 Å². The van der Waals surface area contributed by atoms with Crippen LogP contribution in [0.25, 0.3) is 32.9 Å². The normalized spacial score (nSPS) is 11.3. The van der Waals surface area contributed by atoms with E-state index in [1.54, 1.807) is 12.1 Å². The first kappa shape index (κ1) is 11.9. The van der Waals surface area contributed by atoms with Crippen LogP contribution in [-0.4, -0.2) is 4.98 Å². The summed E-state index contributed by atoms with van der Waals surface area (Å²) in [6, 6.07) is 13.6. The van der Waals surface area contributed by atoms with Gasteiger partial charge in [-0.1, -0.05) is 30.3 Å². The van der Waals surface area contributed by atoms with Crippen LogP contribution in [0, 0.1) is 5.82 Å². The molecule has 4 aromatic rings. The Bertz CT molecular complexity index is 1010. The molecule has 0 radical (unpaired) electrons. The summed E-state index contributed by atoms with van der Waals surface area (Å²) < 4.78 is 18.2. The third-order valence-corrected chi connectivity index (χ3v) is 3.62. The van der Waals surface area contributed by atoms with Crippen molar-refractivity contribution in [2.24, 2.45) is 0 Å². The Morgan fingerprint density at radius 2 is 1.76 bits per heavy atom. The zero-order valence-corrected chi connectivity index (χ0v) is 10.9. The summed E-state index contributed by atoms with van der Waals surface area (Å²) in [6.07, 6.45) is 1.41. The summed E-state index contributed by atoms with van der Waals surface area (Å²) in [5.74, 6) is -0.302. The second-order valence-corrected chi connectivity index (χ2v) is 4.86. The minimum atomic E-state index is -0.381. The Hall–Kier alpha value is -2.88. The van der Waals surface area contributed by atoms with E-state index in [1.165, 1.54) is 18.4 Å². The van der Waals surface area contributed by atoms with Crippen LogP contribution in [-0.2, 0) is 0 Å². The Morgan fingerprint density at radius 3 is 2.57 bits per heavy atom. The minimum Gasteiger partial charge on any atom is -0.430 e. The van der Waals surface area contributed by atoms with Gasteiger partial charge in [-0.05, 0) is 23.8 Å². The lowest BCUT2D eigenvalue weighted by Crippen LogP contribution is -1.98. The molecular weight excluding hydrogens is 269 g/mol. The average molecular weight is 279 g/mol. The topological polar surface area (TPSA) is 46.0 Å². The van der Waals surface area contributed by atoms with E-state index >= 15 is 0 Å². The van der Waals surface area contributed by atoms with Crippen molar-refractivity contribution in [3.05, 3.63) is 71.0 Å². The lowest BCUT2D eigenvalue weighted by Gasteiger charge is -2.02. The first-order valence-electron chi connectivity index (χ1n) is 6.52. The van der Waals surface area contributed by atoms with E-state index in [0.717, 1.165) is 22.0 Å². The summed E-state index contributed by atoms with van der Waals surface area (Å²) >= 11 is 0. The molecule has 4 heteroatoms. The standard InChI is InChI=1S/C17H10FNO2/c18-11-7-5-10(6-8-11)13-9-21-17(20)15-12-3-1-2-4-14(12)19-16(13)15/h1-9,19H. The lowest BCUT2D eigenvalue weighted by atomic mass is 10.1. The quantitative estimate of drug-likeness (QED) is 0.570. The molecule has 2 aromatic heterocycles. The van der Waals surface area contributed by atoms with E-state index in [2.05, 4.69) is 4.98 Å². The molecule has 2 heterocycles. The molecule has 0 aliphatic heterocycles. The fourth-order valence-corrected chi connectivity index (χ4v) is 2.63.